The van der Waals surface area contributed by atoms with Gasteiger partial charge in [0, 0.05) is 23.8 Å². The number of aryl methyl sites for hydroxylation is 1. The summed E-state index contributed by atoms with van der Waals surface area (Å²) >= 11 is 0. The Morgan fingerprint density at radius 2 is 2.05 bits per heavy atom. The van der Waals surface area contributed by atoms with Gasteiger partial charge in [0.1, 0.15) is 0 Å². The molecule has 108 valence electrons. The Kier molecular flexibility index (Phi) is 4.63. The highest BCUT2D eigenvalue weighted by molar-refractivity contribution is 5.16. The lowest BCUT2D eigenvalue weighted by Gasteiger charge is -2.41. The minimum Gasteiger partial charge on any atom is -0.311 e. The molecule has 0 amide bonds. The van der Waals surface area contributed by atoms with Crippen LogP contribution in [0.3, 0.4) is 0 Å². The van der Waals surface area contributed by atoms with Gasteiger partial charge in [0.15, 0.2) is 0 Å². The van der Waals surface area contributed by atoms with Crippen LogP contribution in [0.4, 0.5) is 0 Å². The van der Waals surface area contributed by atoms with E-state index in [4.69, 9.17) is 0 Å². The zero-order valence-corrected chi connectivity index (χ0v) is 12.8. The average Bonchev–Trinajstić information content (AvgIpc) is 3.01. The first-order valence-electron chi connectivity index (χ1n) is 7.54. The number of likely N-dealkylation sites (tertiary alicyclic amines) is 1. The second kappa shape index (κ2) is 6.06. The summed E-state index contributed by atoms with van der Waals surface area (Å²) in [6.07, 6.45) is 8.00. The smallest absolute Gasteiger partial charge is 0.0538 e. The molecule has 2 heterocycles. The predicted molar refractivity (Wildman–Crippen MR) is 79.2 cm³/mol. The van der Waals surface area contributed by atoms with Crippen LogP contribution in [-0.4, -0.2) is 40.4 Å². The molecule has 0 aromatic carbocycles. The Hall–Kier alpha value is -0.870. The third kappa shape index (κ3) is 3.00. The molecule has 1 aromatic rings. The van der Waals surface area contributed by atoms with Gasteiger partial charge in [-0.15, -0.1) is 0 Å². The highest BCUT2D eigenvalue weighted by Gasteiger charge is 2.37. The van der Waals surface area contributed by atoms with E-state index in [0.717, 1.165) is 13.0 Å². The van der Waals surface area contributed by atoms with E-state index < -0.39 is 0 Å². The molecule has 1 N–H and O–H groups in total. The summed E-state index contributed by atoms with van der Waals surface area (Å²) in [5.74, 6) is 0. The molecule has 1 atom stereocenters. The van der Waals surface area contributed by atoms with Gasteiger partial charge in [0.05, 0.1) is 12.2 Å². The number of hydrogen-bond donors (Lipinski definition) is 1. The quantitative estimate of drug-likeness (QED) is 0.856. The predicted octanol–water partition coefficient (Wildman–Crippen LogP) is 2.43. The molecule has 0 bridgehead atoms. The molecule has 4 heteroatoms. The SMILES string of the molecule is CCCn1cc(C(NC)C(C)(C)N2CCCC2)cn1. The van der Waals surface area contributed by atoms with Crippen molar-refractivity contribution in [3.05, 3.63) is 18.0 Å². The molecule has 1 aliphatic heterocycles. The lowest BCUT2D eigenvalue weighted by Crippen LogP contribution is -2.50. The largest absolute Gasteiger partial charge is 0.311 e. The van der Waals surface area contributed by atoms with Crippen molar-refractivity contribution < 1.29 is 0 Å². The molecule has 0 radical (unpaired) electrons. The maximum Gasteiger partial charge on any atom is 0.0538 e. The zero-order chi connectivity index (χ0) is 13.9. The lowest BCUT2D eigenvalue weighted by atomic mass is 9.88. The topological polar surface area (TPSA) is 33.1 Å². The highest BCUT2D eigenvalue weighted by atomic mass is 15.3. The van der Waals surface area contributed by atoms with Crippen molar-refractivity contribution >= 4 is 0 Å². The van der Waals surface area contributed by atoms with Crippen molar-refractivity contribution in [2.75, 3.05) is 20.1 Å². The molecule has 4 nitrogen and oxygen atoms in total. The van der Waals surface area contributed by atoms with Gasteiger partial charge in [0.2, 0.25) is 0 Å². The molecule has 1 saturated heterocycles. The van der Waals surface area contributed by atoms with Crippen molar-refractivity contribution in [3.8, 4) is 0 Å². The van der Waals surface area contributed by atoms with Crippen LogP contribution in [0, 0.1) is 0 Å². The molecule has 19 heavy (non-hydrogen) atoms. The molecule has 0 aliphatic carbocycles. The lowest BCUT2D eigenvalue weighted by molar-refractivity contribution is 0.110. The van der Waals surface area contributed by atoms with Crippen LogP contribution in [-0.2, 0) is 6.54 Å². The van der Waals surface area contributed by atoms with Crippen molar-refractivity contribution in [1.82, 2.24) is 20.0 Å². The van der Waals surface area contributed by atoms with Crippen molar-refractivity contribution in [3.63, 3.8) is 0 Å². The van der Waals surface area contributed by atoms with Crippen LogP contribution in [0.1, 0.15) is 51.6 Å². The van der Waals surface area contributed by atoms with E-state index in [1.807, 2.05) is 6.20 Å². The molecule has 2 rings (SSSR count). The Morgan fingerprint density at radius 1 is 1.37 bits per heavy atom. The van der Waals surface area contributed by atoms with Gasteiger partial charge in [-0.2, -0.15) is 5.10 Å². The Balaban J connectivity index is 2.17. The maximum absolute atomic E-state index is 4.47. The van der Waals surface area contributed by atoms with Crippen LogP contribution in [0.5, 0.6) is 0 Å². The number of nitrogens with one attached hydrogen (secondary N) is 1. The molecular weight excluding hydrogens is 236 g/mol. The van der Waals surface area contributed by atoms with E-state index in [1.54, 1.807) is 0 Å². The van der Waals surface area contributed by atoms with Crippen molar-refractivity contribution in [2.24, 2.45) is 0 Å². The maximum atomic E-state index is 4.47. The van der Waals surface area contributed by atoms with Crippen LogP contribution in [0.25, 0.3) is 0 Å². The molecule has 1 aromatic heterocycles. The van der Waals surface area contributed by atoms with Gasteiger partial charge in [-0.25, -0.2) is 0 Å². The summed E-state index contributed by atoms with van der Waals surface area (Å²) in [6, 6.07) is 0.330. The molecular formula is C15H28N4. The third-order valence-electron chi connectivity index (χ3n) is 4.36. The van der Waals surface area contributed by atoms with Gasteiger partial charge in [-0.3, -0.25) is 9.58 Å². The molecule has 1 fully saturated rings. The molecule has 1 unspecified atom stereocenters. The van der Waals surface area contributed by atoms with Crippen LogP contribution in [0.15, 0.2) is 12.4 Å². The minimum absolute atomic E-state index is 0.130. The zero-order valence-electron chi connectivity index (χ0n) is 12.8. The Morgan fingerprint density at radius 3 is 2.63 bits per heavy atom. The van der Waals surface area contributed by atoms with Crippen LogP contribution < -0.4 is 5.32 Å². The first-order chi connectivity index (χ1) is 9.09. The number of aromatic nitrogens is 2. The second-order valence-electron chi connectivity index (χ2n) is 6.11. The standard InChI is InChI=1S/C15H28N4/c1-5-8-19-12-13(11-17-19)14(16-4)15(2,3)18-9-6-7-10-18/h11-12,14,16H,5-10H2,1-4H3. The van der Waals surface area contributed by atoms with Gasteiger partial charge >= 0.3 is 0 Å². The second-order valence-corrected chi connectivity index (χ2v) is 6.11. The average molecular weight is 264 g/mol. The molecule has 0 spiro atoms. The summed E-state index contributed by atoms with van der Waals surface area (Å²) < 4.78 is 2.06. The summed E-state index contributed by atoms with van der Waals surface area (Å²) in [4.78, 5) is 2.60. The number of nitrogens with zero attached hydrogens (tertiary/aromatic N) is 3. The van der Waals surface area contributed by atoms with Crippen LogP contribution in [0.2, 0.25) is 0 Å². The number of likely N-dealkylation sites (N-methyl/N-ethyl adjacent to an activating group) is 1. The van der Waals surface area contributed by atoms with Gasteiger partial charge in [-0.05, 0) is 53.2 Å². The monoisotopic (exact) mass is 264 g/mol. The van der Waals surface area contributed by atoms with Gasteiger partial charge < -0.3 is 5.32 Å². The number of rotatable bonds is 6. The summed E-state index contributed by atoms with van der Waals surface area (Å²) in [7, 11) is 2.06. The molecule has 0 saturated carbocycles. The summed E-state index contributed by atoms with van der Waals surface area (Å²) in [5, 5.41) is 7.97. The van der Waals surface area contributed by atoms with E-state index in [2.05, 4.69) is 54.0 Å². The number of hydrogen-bond acceptors (Lipinski definition) is 3. The van der Waals surface area contributed by atoms with Gasteiger partial charge in [0.25, 0.3) is 0 Å². The van der Waals surface area contributed by atoms with E-state index in [9.17, 15) is 0 Å². The summed E-state index contributed by atoms with van der Waals surface area (Å²) in [5.41, 5.74) is 1.43. The fourth-order valence-electron chi connectivity index (χ4n) is 3.28. The third-order valence-corrected chi connectivity index (χ3v) is 4.36. The molecule has 1 aliphatic rings. The fourth-order valence-corrected chi connectivity index (χ4v) is 3.28. The van der Waals surface area contributed by atoms with E-state index >= 15 is 0 Å². The Bertz CT molecular complexity index is 391. The first kappa shape index (κ1) is 14.5. The van der Waals surface area contributed by atoms with E-state index in [-0.39, 0.29) is 5.54 Å². The van der Waals surface area contributed by atoms with Crippen molar-refractivity contribution in [1.29, 1.82) is 0 Å². The fraction of sp³-hybridized carbons (Fsp3) is 0.800. The van der Waals surface area contributed by atoms with E-state index in [1.165, 1.54) is 31.5 Å². The summed E-state index contributed by atoms with van der Waals surface area (Å²) in [6.45, 7) is 10.3. The van der Waals surface area contributed by atoms with Crippen molar-refractivity contribution in [2.45, 2.75) is 58.2 Å². The minimum atomic E-state index is 0.130. The first-order valence-corrected chi connectivity index (χ1v) is 7.54. The van der Waals surface area contributed by atoms with Crippen LogP contribution >= 0.6 is 0 Å². The normalized spacial score (nSPS) is 18.9. The Labute approximate surface area is 117 Å². The highest BCUT2D eigenvalue weighted by Crippen LogP contribution is 2.33. The van der Waals surface area contributed by atoms with Gasteiger partial charge in [-0.1, -0.05) is 6.92 Å². The van der Waals surface area contributed by atoms with E-state index in [0.29, 0.717) is 6.04 Å².